The monoisotopic (exact) mass is 462 g/mol. The van der Waals surface area contributed by atoms with Gasteiger partial charge in [0.25, 0.3) is 0 Å². The summed E-state index contributed by atoms with van der Waals surface area (Å²) in [7, 11) is -3.23. The minimum absolute atomic E-state index is 1.69. The molecule has 0 saturated heterocycles. The molecule has 0 rings (SSSR count). The highest BCUT2D eigenvalue weighted by molar-refractivity contribution is 6.84. The molecule has 0 bridgehead atoms. The van der Waals surface area contributed by atoms with Gasteiger partial charge in [-0.25, -0.2) is 0 Å². The van der Waals surface area contributed by atoms with Gasteiger partial charge in [0.2, 0.25) is 0 Å². The Labute approximate surface area is 166 Å². The SMILES string of the molecule is CO[Si](C)(C)O[Si](C)(C)OC.CO[Si](C)(C)O[Si](C)(C)O[Si](C)(C)OC. The lowest BCUT2D eigenvalue weighted by Crippen LogP contribution is -2.53. The molecule has 0 aromatic rings. The van der Waals surface area contributed by atoms with Crippen molar-refractivity contribution in [1.29, 1.82) is 0 Å². The largest absolute Gasteiger partial charge is 0.415 e. The molecule has 0 spiro atoms. The quantitative estimate of drug-likeness (QED) is 0.452. The Morgan fingerprint density at radius 1 is 0.308 bits per heavy atom. The maximum Gasteiger partial charge on any atom is 0.322 e. The molecule has 0 aromatic carbocycles. The summed E-state index contributed by atoms with van der Waals surface area (Å²) in [6.45, 7) is 20.2. The molecule has 0 radical (unpaired) electrons. The van der Waals surface area contributed by atoms with E-state index in [-0.39, 0.29) is 0 Å². The summed E-state index contributed by atoms with van der Waals surface area (Å²) < 4.78 is 39.0. The van der Waals surface area contributed by atoms with Crippen molar-refractivity contribution in [2.24, 2.45) is 0 Å². The second-order valence-corrected chi connectivity index (χ2v) is 26.2. The third-order valence-corrected chi connectivity index (χ3v) is 19.2. The van der Waals surface area contributed by atoms with Crippen LogP contribution < -0.4 is 0 Å². The van der Waals surface area contributed by atoms with Gasteiger partial charge in [0.1, 0.15) is 0 Å². The third-order valence-electron chi connectivity index (χ3n) is 3.44. The van der Waals surface area contributed by atoms with Crippen LogP contribution in [0.2, 0.25) is 65.5 Å². The number of rotatable bonds is 10. The first-order chi connectivity index (χ1) is 11.4. The van der Waals surface area contributed by atoms with E-state index in [4.69, 9.17) is 30.0 Å². The van der Waals surface area contributed by atoms with E-state index in [9.17, 15) is 0 Å². The molecule has 7 nitrogen and oxygen atoms in total. The highest BCUT2D eigenvalue weighted by atomic mass is 28.5. The summed E-state index contributed by atoms with van der Waals surface area (Å²) in [6, 6.07) is 0. The Balaban J connectivity index is 0. The van der Waals surface area contributed by atoms with E-state index in [1.54, 1.807) is 28.4 Å². The highest BCUT2D eigenvalue weighted by Crippen LogP contribution is 2.20. The topological polar surface area (TPSA) is 64.6 Å². The predicted molar refractivity (Wildman–Crippen MR) is 119 cm³/mol. The lowest BCUT2D eigenvalue weighted by atomic mass is 11.8. The maximum atomic E-state index is 6.00. The molecule has 0 heterocycles. The molecular formula is C14H42O7Si5. The van der Waals surface area contributed by atoms with Crippen LogP contribution >= 0.6 is 0 Å². The standard InChI is InChI=1S/C8H24O4Si3.C6H18O3Si2/c1-9-13(3,4)11-15(7,8)12-14(5,6)10-2;1-7-10(3,4)9-11(5,6)8-2/h1-8H3;1-6H3. The second kappa shape index (κ2) is 11.1. The van der Waals surface area contributed by atoms with Crippen LogP contribution in [-0.4, -0.2) is 71.2 Å². The zero-order valence-electron chi connectivity index (χ0n) is 19.4. The van der Waals surface area contributed by atoms with Crippen molar-refractivity contribution in [3.05, 3.63) is 0 Å². The zero-order valence-corrected chi connectivity index (χ0v) is 24.4. The summed E-state index contributed by atoms with van der Waals surface area (Å²) in [6.07, 6.45) is 0. The van der Waals surface area contributed by atoms with E-state index in [0.717, 1.165) is 0 Å². The molecule has 0 atom stereocenters. The average Bonchev–Trinajstić information content (AvgIpc) is 2.44. The smallest absolute Gasteiger partial charge is 0.322 e. The number of hydrogen-bond donors (Lipinski definition) is 0. The minimum Gasteiger partial charge on any atom is -0.415 e. The van der Waals surface area contributed by atoms with E-state index in [1.807, 2.05) is 65.5 Å². The normalized spacial score (nSPS) is 14.1. The Kier molecular flexibility index (Phi) is 12.4. The molecule has 26 heavy (non-hydrogen) atoms. The van der Waals surface area contributed by atoms with Gasteiger partial charge in [-0.05, 0) is 65.5 Å². The lowest BCUT2D eigenvalue weighted by molar-refractivity contribution is 0.247. The van der Waals surface area contributed by atoms with Crippen molar-refractivity contribution < 1.29 is 30.0 Å². The van der Waals surface area contributed by atoms with Crippen molar-refractivity contribution >= 4 is 42.8 Å². The van der Waals surface area contributed by atoms with Crippen molar-refractivity contribution in [1.82, 2.24) is 0 Å². The van der Waals surface area contributed by atoms with Gasteiger partial charge in [-0.15, -0.1) is 0 Å². The van der Waals surface area contributed by atoms with E-state index < -0.39 is 42.8 Å². The third kappa shape index (κ3) is 14.8. The van der Waals surface area contributed by atoms with Crippen LogP contribution in [0.4, 0.5) is 0 Å². The van der Waals surface area contributed by atoms with Gasteiger partial charge in [0, 0.05) is 28.4 Å². The molecular weight excluding hydrogens is 421 g/mol. The Bertz CT molecular complexity index is 369. The van der Waals surface area contributed by atoms with Crippen LogP contribution in [0, 0.1) is 0 Å². The first-order valence-corrected chi connectivity index (χ1v) is 22.8. The molecule has 160 valence electrons. The van der Waals surface area contributed by atoms with Crippen LogP contribution in [0.15, 0.2) is 0 Å². The van der Waals surface area contributed by atoms with Crippen molar-refractivity contribution in [3.63, 3.8) is 0 Å². The van der Waals surface area contributed by atoms with Crippen molar-refractivity contribution in [2.45, 2.75) is 65.5 Å². The molecule has 0 aliphatic carbocycles. The molecule has 0 amide bonds. The fourth-order valence-corrected chi connectivity index (χ4v) is 18.0. The van der Waals surface area contributed by atoms with Crippen LogP contribution in [0.1, 0.15) is 0 Å². The highest BCUT2D eigenvalue weighted by Gasteiger charge is 2.40. The maximum absolute atomic E-state index is 6.00. The summed E-state index contributed by atoms with van der Waals surface area (Å²) in [4.78, 5) is 0. The van der Waals surface area contributed by atoms with E-state index in [2.05, 4.69) is 0 Å². The summed E-state index contributed by atoms with van der Waals surface area (Å²) in [5, 5.41) is 0. The van der Waals surface area contributed by atoms with Gasteiger partial charge in [0.15, 0.2) is 0 Å². The minimum atomic E-state index is -2.14. The van der Waals surface area contributed by atoms with Gasteiger partial charge in [-0.1, -0.05) is 0 Å². The fraction of sp³-hybridized carbons (Fsp3) is 1.00. The lowest BCUT2D eigenvalue weighted by Gasteiger charge is -2.36. The first-order valence-electron chi connectivity index (χ1n) is 8.67. The summed E-state index contributed by atoms with van der Waals surface area (Å²) in [5.41, 5.74) is 0. The molecule has 0 N–H and O–H groups in total. The summed E-state index contributed by atoms with van der Waals surface area (Å²) in [5.74, 6) is 0. The zero-order chi connectivity index (χ0) is 21.4. The van der Waals surface area contributed by atoms with Gasteiger partial charge >= 0.3 is 42.8 Å². The summed E-state index contributed by atoms with van der Waals surface area (Å²) >= 11 is 0. The van der Waals surface area contributed by atoms with Crippen LogP contribution in [0.5, 0.6) is 0 Å². The second-order valence-electron chi connectivity index (χ2n) is 8.12. The first kappa shape index (κ1) is 29.0. The molecule has 0 saturated carbocycles. The Morgan fingerprint density at radius 2 is 0.462 bits per heavy atom. The van der Waals surface area contributed by atoms with E-state index in [1.165, 1.54) is 0 Å². The van der Waals surface area contributed by atoms with Crippen LogP contribution in [0.25, 0.3) is 0 Å². The Hall–Kier alpha value is 0.804. The Morgan fingerprint density at radius 3 is 0.615 bits per heavy atom. The molecule has 0 aliphatic heterocycles. The van der Waals surface area contributed by atoms with E-state index in [0.29, 0.717) is 0 Å². The van der Waals surface area contributed by atoms with Crippen LogP contribution in [-0.2, 0) is 30.0 Å². The molecule has 0 fully saturated rings. The molecule has 12 heteroatoms. The van der Waals surface area contributed by atoms with E-state index >= 15 is 0 Å². The molecule has 0 aromatic heterocycles. The molecule has 0 unspecified atom stereocenters. The van der Waals surface area contributed by atoms with Gasteiger partial charge < -0.3 is 30.0 Å². The van der Waals surface area contributed by atoms with Crippen molar-refractivity contribution in [2.75, 3.05) is 28.4 Å². The van der Waals surface area contributed by atoms with Gasteiger partial charge in [-0.3, -0.25) is 0 Å². The van der Waals surface area contributed by atoms with Gasteiger partial charge in [-0.2, -0.15) is 0 Å². The number of hydrogen-bond acceptors (Lipinski definition) is 7. The van der Waals surface area contributed by atoms with Gasteiger partial charge in [0.05, 0.1) is 0 Å². The predicted octanol–water partition coefficient (Wildman–Crippen LogP) is 4.12. The fourth-order valence-electron chi connectivity index (χ4n) is 1.96. The van der Waals surface area contributed by atoms with Crippen molar-refractivity contribution in [3.8, 4) is 0 Å². The van der Waals surface area contributed by atoms with Crippen LogP contribution in [0.3, 0.4) is 0 Å². The molecule has 0 aliphatic rings. The average molecular weight is 463 g/mol.